The molecule has 0 aromatic heterocycles. The van der Waals surface area contributed by atoms with E-state index < -0.39 is 0 Å². The Morgan fingerprint density at radius 3 is 2.44 bits per heavy atom. The highest BCUT2D eigenvalue weighted by atomic mass is 32.2. The predicted molar refractivity (Wildman–Crippen MR) is 51.9 cm³/mol. The average molecular weight is 180 g/mol. The van der Waals surface area contributed by atoms with Crippen molar-refractivity contribution in [2.75, 3.05) is 5.75 Å². The minimum absolute atomic E-state index is 0.287. The molecular weight excluding hydrogens is 168 g/mol. The van der Waals surface area contributed by atoms with Crippen molar-refractivity contribution in [3.05, 3.63) is 0 Å². The lowest BCUT2D eigenvalue weighted by molar-refractivity contribution is 0.690. The number of rotatable bonds is 1. The van der Waals surface area contributed by atoms with E-state index in [0.717, 1.165) is 0 Å². The SMILES string of the molecule is SC(S)C1CCCCS1. The van der Waals surface area contributed by atoms with Crippen LogP contribution in [0.15, 0.2) is 0 Å². The largest absolute Gasteiger partial charge is 0.164 e. The van der Waals surface area contributed by atoms with Crippen LogP contribution in [0.3, 0.4) is 0 Å². The van der Waals surface area contributed by atoms with E-state index >= 15 is 0 Å². The fourth-order valence-corrected chi connectivity index (χ4v) is 2.99. The first-order chi connectivity index (χ1) is 4.30. The molecule has 1 fully saturated rings. The summed E-state index contributed by atoms with van der Waals surface area (Å²) in [7, 11) is 0. The summed E-state index contributed by atoms with van der Waals surface area (Å²) in [5.74, 6) is 1.31. The molecule has 9 heavy (non-hydrogen) atoms. The van der Waals surface area contributed by atoms with E-state index in [1.165, 1.54) is 25.0 Å². The van der Waals surface area contributed by atoms with Gasteiger partial charge in [-0.1, -0.05) is 6.42 Å². The molecule has 0 aliphatic carbocycles. The third-order valence-electron chi connectivity index (χ3n) is 1.55. The molecule has 1 rings (SSSR count). The number of hydrogen-bond donors (Lipinski definition) is 2. The first-order valence-electron chi connectivity index (χ1n) is 3.28. The smallest absolute Gasteiger partial charge is 0.0560 e. The summed E-state index contributed by atoms with van der Waals surface area (Å²) in [5.41, 5.74) is 0. The molecule has 1 aliphatic heterocycles. The minimum atomic E-state index is 0.287. The Bertz CT molecular complexity index is 76.4. The number of thiol groups is 2. The highest BCUT2D eigenvalue weighted by molar-refractivity contribution is 8.04. The quantitative estimate of drug-likeness (QED) is 0.462. The minimum Gasteiger partial charge on any atom is -0.164 e. The van der Waals surface area contributed by atoms with Gasteiger partial charge in [0.15, 0.2) is 0 Å². The third kappa shape index (κ3) is 2.64. The highest BCUT2D eigenvalue weighted by Gasteiger charge is 2.17. The van der Waals surface area contributed by atoms with Gasteiger partial charge in [0.05, 0.1) is 4.58 Å². The fraction of sp³-hybridized carbons (Fsp3) is 1.00. The van der Waals surface area contributed by atoms with E-state index in [1.807, 2.05) is 11.8 Å². The Kier molecular flexibility index (Phi) is 3.66. The monoisotopic (exact) mass is 180 g/mol. The maximum atomic E-state index is 4.28. The zero-order valence-electron chi connectivity index (χ0n) is 5.29. The first kappa shape index (κ1) is 8.15. The lowest BCUT2D eigenvalue weighted by atomic mass is 10.2. The summed E-state index contributed by atoms with van der Waals surface area (Å²) in [6.07, 6.45) is 4.06. The lowest BCUT2D eigenvalue weighted by Gasteiger charge is -2.22. The number of hydrogen-bond acceptors (Lipinski definition) is 3. The van der Waals surface area contributed by atoms with Gasteiger partial charge in [0.25, 0.3) is 0 Å². The van der Waals surface area contributed by atoms with Crippen LogP contribution in [-0.2, 0) is 0 Å². The summed E-state index contributed by atoms with van der Waals surface area (Å²) in [5, 5.41) is 0.699. The molecule has 0 bridgehead atoms. The second-order valence-corrected chi connectivity index (χ2v) is 5.19. The van der Waals surface area contributed by atoms with Crippen LogP contribution in [0.2, 0.25) is 0 Å². The molecule has 54 valence electrons. The summed E-state index contributed by atoms with van der Waals surface area (Å²) in [6, 6.07) is 0. The van der Waals surface area contributed by atoms with E-state index in [2.05, 4.69) is 25.3 Å². The standard InChI is InChI=1S/C6H12S3/c7-6(8)5-3-1-2-4-9-5/h5-8H,1-4H2. The third-order valence-corrected chi connectivity index (χ3v) is 4.13. The molecule has 0 N–H and O–H groups in total. The Balaban J connectivity index is 2.23. The molecular formula is C6H12S3. The normalized spacial score (nSPS) is 29.0. The maximum absolute atomic E-state index is 4.28. The van der Waals surface area contributed by atoms with E-state index in [-0.39, 0.29) is 4.58 Å². The topological polar surface area (TPSA) is 0 Å². The molecule has 0 aromatic rings. The summed E-state index contributed by atoms with van der Waals surface area (Å²) in [6.45, 7) is 0. The fourth-order valence-electron chi connectivity index (χ4n) is 1.00. The van der Waals surface area contributed by atoms with Gasteiger partial charge in [0, 0.05) is 5.25 Å². The van der Waals surface area contributed by atoms with Crippen LogP contribution in [0.4, 0.5) is 0 Å². The van der Waals surface area contributed by atoms with Crippen molar-refractivity contribution in [3.8, 4) is 0 Å². The summed E-state index contributed by atoms with van der Waals surface area (Å²) < 4.78 is 0.287. The molecule has 0 spiro atoms. The van der Waals surface area contributed by atoms with E-state index in [1.54, 1.807) is 0 Å². The van der Waals surface area contributed by atoms with Crippen LogP contribution in [0.25, 0.3) is 0 Å². The molecule has 0 nitrogen and oxygen atoms in total. The molecule has 1 aliphatic rings. The van der Waals surface area contributed by atoms with Gasteiger partial charge in [-0.3, -0.25) is 0 Å². The Morgan fingerprint density at radius 1 is 1.33 bits per heavy atom. The molecule has 0 aromatic carbocycles. The summed E-state index contributed by atoms with van der Waals surface area (Å²) in [4.78, 5) is 0. The summed E-state index contributed by atoms with van der Waals surface area (Å²) >= 11 is 10.6. The average Bonchev–Trinajstić information content (AvgIpc) is 1.90. The van der Waals surface area contributed by atoms with E-state index in [0.29, 0.717) is 5.25 Å². The lowest BCUT2D eigenvalue weighted by Crippen LogP contribution is -2.16. The van der Waals surface area contributed by atoms with Crippen LogP contribution in [-0.4, -0.2) is 15.6 Å². The molecule has 3 heteroatoms. The highest BCUT2D eigenvalue weighted by Crippen LogP contribution is 2.30. The van der Waals surface area contributed by atoms with Gasteiger partial charge < -0.3 is 0 Å². The van der Waals surface area contributed by atoms with Crippen molar-refractivity contribution in [1.82, 2.24) is 0 Å². The van der Waals surface area contributed by atoms with Crippen LogP contribution in [0.5, 0.6) is 0 Å². The molecule has 0 radical (unpaired) electrons. The van der Waals surface area contributed by atoms with Gasteiger partial charge in [-0.25, -0.2) is 0 Å². The molecule has 0 amide bonds. The van der Waals surface area contributed by atoms with Crippen LogP contribution < -0.4 is 0 Å². The number of thioether (sulfide) groups is 1. The predicted octanol–water partition coefficient (Wildman–Crippen LogP) is 2.46. The molecule has 1 atom stereocenters. The van der Waals surface area contributed by atoms with Crippen molar-refractivity contribution in [3.63, 3.8) is 0 Å². The second kappa shape index (κ2) is 4.04. The first-order valence-corrected chi connectivity index (χ1v) is 5.36. The van der Waals surface area contributed by atoms with Gasteiger partial charge >= 0.3 is 0 Å². The van der Waals surface area contributed by atoms with Gasteiger partial charge in [-0.05, 0) is 18.6 Å². The van der Waals surface area contributed by atoms with E-state index in [9.17, 15) is 0 Å². The van der Waals surface area contributed by atoms with Gasteiger partial charge in [-0.15, -0.1) is 0 Å². The van der Waals surface area contributed by atoms with Crippen molar-refractivity contribution in [2.45, 2.75) is 29.1 Å². The van der Waals surface area contributed by atoms with Crippen molar-refractivity contribution < 1.29 is 0 Å². The zero-order valence-corrected chi connectivity index (χ0v) is 7.89. The van der Waals surface area contributed by atoms with Gasteiger partial charge in [0.2, 0.25) is 0 Å². The Hall–Kier alpha value is 1.05. The molecule has 1 saturated heterocycles. The van der Waals surface area contributed by atoms with Gasteiger partial charge in [-0.2, -0.15) is 37.0 Å². The Morgan fingerprint density at radius 2 is 2.11 bits per heavy atom. The van der Waals surface area contributed by atoms with Crippen LogP contribution in [0.1, 0.15) is 19.3 Å². The van der Waals surface area contributed by atoms with Gasteiger partial charge in [0.1, 0.15) is 0 Å². The molecule has 0 saturated carbocycles. The second-order valence-electron chi connectivity index (χ2n) is 2.32. The van der Waals surface area contributed by atoms with E-state index in [4.69, 9.17) is 0 Å². The Labute approximate surface area is 72.0 Å². The molecule has 1 heterocycles. The zero-order chi connectivity index (χ0) is 6.69. The maximum Gasteiger partial charge on any atom is 0.0560 e. The van der Waals surface area contributed by atoms with Crippen molar-refractivity contribution in [2.24, 2.45) is 0 Å². The van der Waals surface area contributed by atoms with Crippen LogP contribution in [0, 0.1) is 0 Å². The molecule has 1 unspecified atom stereocenters. The van der Waals surface area contributed by atoms with Crippen molar-refractivity contribution in [1.29, 1.82) is 0 Å². The van der Waals surface area contributed by atoms with Crippen molar-refractivity contribution >= 4 is 37.0 Å². The van der Waals surface area contributed by atoms with Crippen LogP contribution >= 0.6 is 37.0 Å².